The molecule has 0 saturated heterocycles. The average molecular weight is 167 g/mol. The van der Waals surface area contributed by atoms with Crippen LogP contribution in [0, 0.1) is 17.2 Å². The van der Waals surface area contributed by atoms with Gasteiger partial charge in [-0.05, 0) is 13.3 Å². The Kier molecular flexibility index (Phi) is 6.37. The molecule has 0 amide bonds. The molecule has 0 saturated carbocycles. The topological polar surface area (TPSA) is 40.9 Å². The molecule has 0 rings (SSSR count). The van der Waals surface area contributed by atoms with Crippen LogP contribution in [0.5, 0.6) is 0 Å². The Labute approximate surface area is 74.6 Å². The molecule has 0 aromatic heterocycles. The van der Waals surface area contributed by atoms with Crippen LogP contribution in [0.2, 0.25) is 0 Å². The number of ketones is 1. The maximum absolute atomic E-state index is 10.7. The van der Waals surface area contributed by atoms with Crippen LogP contribution in [-0.2, 0) is 4.79 Å². The molecule has 0 heterocycles. The monoisotopic (exact) mass is 167 g/mol. The van der Waals surface area contributed by atoms with Crippen LogP contribution < -0.4 is 0 Å². The molecule has 68 valence electrons. The molecule has 12 heavy (non-hydrogen) atoms. The number of nitriles is 1. The van der Waals surface area contributed by atoms with E-state index in [1.807, 2.05) is 0 Å². The van der Waals surface area contributed by atoms with Gasteiger partial charge in [0.15, 0.2) is 0 Å². The van der Waals surface area contributed by atoms with Gasteiger partial charge in [-0.2, -0.15) is 5.26 Å². The number of carbonyl (C=O) groups is 1. The lowest BCUT2D eigenvalue weighted by Gasteiger charge is -2.04. The van der Waals surface area contributed by atoms with Crippen LogP contribution >= 0.6 is 0 Å². The lowest BCUT2D eigenvalue weighted by atomic mass is 9.98. The fraction of sp³-hybridized carbons (Fsp3) is 0.800. The quantitative estimate of drug-likeness (QED) is 0.571. The first kappa shape index (κ1) is 11.2. The van der Waals surface area contributed by atoms with Crippen LogP contribution in [0.4, 0.5) is 0 Å². The summed E-state index contributed by atoms with van der Waals surface area (Å²) in [6, 6.07) is 2.17. The molecule has 0 bridgehead atoms. The number of hydrogen-bond acceptors (Lipinski definition) is 2. The molecule has 0 aromatic carbocycles. The van der Waals surface area contributed by atoms with Crippen molar-refractivity contribution in [3.63, 3.8) is 0 Å². The first-order chi connectivity index (χ1) is 5.70. The molecule has 0 radical (unpaired) electrons. The van der Waals surface area contributed by atoms with Crippen molar-refractivity contribution in [2.24, 2.45) is 5.92 Å². The van der Waals surface area contributed by atoms with Gasteiger partial charge in [-0.15, -0.1) is 0 Å². The van der Waals surface area contributed by atoms with E-state index in [0.29, 0.717) is 6.42 Å². The van der Waals surface area contributed by atoms with Crippen molar-refractivity contribution < 1.29 is 4.79 Å². The Hall–Kier alpha value is -0.840. The van der Waals surface area contributed by atoms with E-state index in [9.17, 15) is 4.79 Å². The number of hydrogen-bond donors (Lipinski definition) is 0. The van der Waals surface area contributed by atoms with Gasteiger partial charge in [-0.1, -0.05) is 26.2 Å². The van der Waals surface area contributed by atoms with E-state index in [2.05, 4.69) is 13.0 Å². The zero-order chi connectivity index (χ0) is 9.40. The Morgan fingerprint density at radius 1 is 1.50 bits per heavy atom. The van der Waals surface area contributed by atoms with E-state index in [1.165, 1.54) is 0 Å². The van der Waals surface area contributed by atoms with Gasteiger partial charge >= 0.3 is 0 Å². The highest BCUT2D eigenvalue weighted by Gasteiger charge is 2.08. The fourth-order valence-electron chi connectivity index (χ4n) is 1.20. The summed E-state index contributed by atoms with van der Waals surface area (Å²) in [5.41, 5.74) is 0. The fourth-order valence-corrected chi connectivity index (χ4v) is 1.20. The van der Waals surface area contributed by atoms with Crippen molar-refractivity contribution in [3.8, 4) is 6.07 Å². The minimum Gasteiger partial charge on any atom is -0.300 e. The summed E-state index contributed by atoms with van der Waals surface area (Å²) in [5, 5.41) is 8.67. The van der Waals surface area contributed by atoms with Crippen LogP contribution in [0.25, 0.3) is 0 Å². The standard InChI is InChI=1S/C10H17NO/c1-3-4-5-6-10(8-11)7-9(2)12/h10H,3-7H2,1-2H3/t10-/m0/s1. The van der Waals surface area contributed by atoms with Crippen molar-refractivity contribution in [1.82, 2.24) is 0 Å². The number of carbonyl (C=O) groups excluding carboxylic acids is 1. The molecular formula is C10H17NO. The molecule has 0 N–H and O–H groups in total. The molecule has 0 fully saturated rings. The summed E-state index contributed by atoms with van der Waals surface area (Å²) in [7, 11) is 0. The molecule has 0 unspecified atom stereocenters. The van der Waals surface area contributed by atoms with Gasteiger partial charge in [0.1, 0.15) is 5.78 Å². The highest BCUT2D eigenvalue weighted by Crippen LogP contribution is 2.12. The van der Waals surface area contributed by atoms with E-state index in [-0.39, 0.29) is 11.7 Å². The zero-order valence-corrected chi connectivity index (χ0v) is 7.97. The van der Waals surface area contributed by atoms with Gasteiger partial charge in [-0.3, -0.25) is 4.79 Å². The van der Waals surface area contributed by atoms with Crippen molar-refractivity contribution in [3.05, 3.63) is 0 Å². The van der Waals surface area contributed by atoms with Gasteiger partial charge in [0.2, 0.25) is 0 Å². The number of unbranched alkanes of at least 4 members (excludes halogenated alkanes) is 2. The Morgan fingerprint density at radius 3 is 2.58 bits per heavy atom. The molecule has 0 aliphatic rings. The van der Waals surface area contributed by atoms with E-state index in [4.69, 9.17) is 5.26 Å². The third-order valence-electron chi connectivity index (χ3n) is 1.87. The van der Waals surface area contributed by atoms with Gasteiger partial charge in [0.05, 0.1) is 12.0 Å². The second-order valence-electron chi connectivity index (χ2n) is 3.23. The van der Waals surface area contributed by atoms with Crippen molar-refractivity contribution >= 4 is 5.78 Å². The maximum atomic E-state index is 10.7. The van der Waals surface area contributed by atoms with Crippen LogP contribution in [0.1, 0.15) is 46.0 Å². The van der Waals surface area contributed by atoms with Crippen molar-refractivity contribution in [2.45, 2.75) is 46.0 Å². The van der Waals surface area contributed by atoms with Gasteiger partial charge in [-0.25, -0.2) is 0 Å². The van der Waals surface area contributed by atoms with Gasteiger partial charge in [0.25, 0.3) is 0 Å². The molecule has 2 nitrogen and oxygen atoms in total. The normalized spacial score (nSPS) is 12.1. The Bertz CT molecular complexity index is 169. The van der Waals surface area contributed by atoms with Crippen molar-refractivity contribution in [2.75, 3.05) is 0 Å². The molecule has 0 aromatic rings. The van der Waals surface area contributed by atoms with E-state index in [1.54, 1.807) is 6.92 Å². The lowest BCUT2D eigenvalue weighted by molar-refractivity contribution is -0.117. The average Bonchev–Trinajstić information content (AvgIpc) is 2.02. The Balaban J connectivity index is 3.55. The molecular weight excluding hydrogens is 150 g/mol. The largest absolute Gasteiger partial charge is 0.300 e. The first-order valence-electron chi connectivity index (χ1n) is 4.59. The molecule has 0 spiro atoms. The third-order valence-corrected chi connectivity index (χ3v) is 1.87. The SMILES string of the molecule is CCCCC[C@H](C#N)CC(C)=O. The smallest absolute Gasteiger partial charge is 0.131 e. The van der Waals surface area contributed by atoms with Crippen LogP contribution in [0.15, 0.2) is 0 Å². The van der Waals surface area contributed by atoms with Gasteiger partial charge in [0, 0.05) is 6.42 Å². The number of rotatable bonds is 6. The Morgan fingerprint density at radius 2 is 2.17 bits per heavy atom. The molecule has 0 aliphatic carbocycles. The third kappa shape index (κ3) is 5.91. The molecule has 1 atom stereocenters. The summed E-state index contributed by atoms with van der Waals surface area (Å²) >= 11 is 0. The second kappa shape index (κ2) is 6.84. The number of nitrogens with zero attached hydrogens (tertiary/aromatic N) is 1. The highest BCUT2D eigenvalue weighted by molar-refractivity contribution is 5.76. The number of Topliss-reactive ketones (excluding diaryl/α,β-unsaturated/α-hetero) is 1. The zero-order valence-electron chi connectivity index (χ0n) is 7.97. The van der Waals surface area contributed by atoms with Crippen LogP contribution in [-0.4, -0.2) is 5.78 Å². The molecule has 0 aliphatic heterocycles. The van der Waals surface area contributed by atoms with E-state index >= 15 is 0 Å². The van der Waals surface area contributed by atoms with E-state index < -0.39 is 0 Å². The minimum absolute atomic E-state index is 0.0472. The predicted molar refractivity (Wildman–Crippen MR) is 48.5 cm³/mol. The van der Waals surface area contributed by atoms with Gasteiger partial charge < -0.3 is 0 Å². The van der Waals surface area contributed by atoms with E-state index in [0.717, 1.165) is 25.7 Å². The van der Waals surface area contributed by atoms with Crippen LogP contribution in [0.3, 0.4) is 0 Å². The summed E-state index contributed by atoms with van der Waals surface area (Å²) in [4.78, 5) is 10.7. The van der Waals surface area contributed by atoms with Crippen molar-refractivity contribution in [1.29, 1.82) is 5.26 Å². The summed E-state index contributed by atoms with van der Waals surface area (Å²) in [6.07, 6.45) is 4.71. The second-order valence-corrected chi connectivity index (χ2v) is 3.23. The predicted octanol–water partition coefficient (Wildman–Crippen LogP) is 2.69. The summed E-state index contributed by atoms with van der Waals surface area (Å²) in [5.74, 6) is 0.0760. The lowest BCUT2D eigenvalue weighted by Crippen LogP contribution is -2.03. The first-order valence-corrected chi connectivity index (χ1v) is 4.59. The summed E-state index contributed by atoms with van der Waals surface area (Å²) < 4.78 is 0. The maximum Gasteiger partial charge on any atom is 0.131 e. The molecule has 2 heteroatoms. The minimum atomic E-state index is -0.0472. The summed E-state index contributed by atoms with van der Waals surface area (Å²) in [6.45, 7) is 3.68. The highest BCUT2D eigenvalue weighted by atomic mass is 16.1.